The Morgan fingerprint density at radius 3 is 2.57 bits per heavy atom. The Hall–Kier alpha value is -3.43. The molecule has 4 aromatic rings. The van der Waals surface area contributed by atoms with Crippen LogP contribution in [0.15, 0.2) is 48.9 Å². The van der Waals surface area contributed by atoms with E-state index >= 15 is 8.78 Å². The molecule has 4 N–H and O–H groups in total. The SMILES string of the molecule is C[C@@H]1C[C@H](N)C[C@H](c2ccncc2Nc2ncc3ccc(-c4c(F)cc(C5(O)CCC5)cc4F)nn23)C1. The molecule has 2 fully saturated rings. The van der Waals surface area contributed by atoms with Crippen molar-refractivity contribution in [2.45, 2.75) is 63.0 Å². The molecule has 0 spiro atoms. The number of nitrogens with two attached hydrogens (primary N) is 1. The zero-order valence-electron chi connectivity index (χ0n) is 20.7. The highest BCUT2D eigenvalue weighted by Crippen LogP contribution is 2.43. The molecule has 0 amide bonds. The number of nitrogens with zero attached hydrogens (tertiary/aromatic N) is 4. The van der Waals surface area contributed by atoms with Crippen molar-refractivity contribution in [3.63, 3.8) is 0 Å². The molecule has 3 aromatic heterocycles. The van der Waals surface area contributed by atoms with Gasteiger partial charge >= 0.3 is 0 Å². The van der Waals surface area contributed by atoms with E-state index in [2.05, 4.69) is 27.3 Å². The second kappa shape index (κ2) is 9.15. The summed E-state index contributed by atoms with van der Waals surface area (Å²) in [7, 11) is 0. The van der Waals surface area contributed by atoms with Gasteiger partial charge in [-0.25, -0.2) is 13.8 Å². The lowest BCUT2D eigenvalue weighted by Crippen LogP contribution is -2.33. The minimum absolute atomic E-state index is 0.134. The first-order chi connectivity index (χ1) is 17.8. The lowest BCUT2D eigenvalue weighted by atomic mass is 9.75. The number of aliphatic hydroxyl groups is 1. The molecule has 0 aliphatic heterocycles. The molecule has 0 unspecified atom stereocenters. The average molecular weight is 505 g/mol. The van der Waals surface area contributed by atoms with E-state index in [-0.39, 0.29) is 22.9 Å². The number of hydrogen-bond acceptors (Lipinski definition) is 6. The van der Waals surface area contributed by atoms with Crippen LogP contribution in [-0.4, -0.2) is 30.7 Å². The molecule has 0 radical (unpaired) electrons. The monoisotopic (exact) mass is 504 g/mol. The van der Waals surface area contributed by atoms with Crippen molar-refractivity contribution in [3.8, 4) is 11.3 Å². The van der Waals surface area contributed by atoms with Gasteiger partial charge in [0.25, 0.3) is 0 Å². The Morgan fingerprint density at radius 2 is 1.86 bits per heavy atom. The molecule has 7 nitrogen and oxygen atoms in total. The Kier molecular flexibility index (Phi) is 5.92. The van der Waals surface area contributed by atoms with Gasteiger partial charge in [-0.1, -0.05) is 6.92 Å². The van der Waals surface area contributed by atoms with Crippen molar-refractivity contribution < 1.29 is 13.9 Å². The van der Waals surface area contributed by atoms with E-state index in [1.54, 1.807) is 30.7 Å². The van der Waals surface area contributed by atoms with Gasteiger partial charge in [-0.05, 0) is 91.8 Å². The summed E-state index contributed by atoms with van der Waals surface area (Å²) in [6.45, 7) is 2.23. The Balaban J connectivity index is 1.35. The van der Waals surface area contributed by atoms with Gasteiger partial charge in [-0.3, -0.25) is 4.98 Å². The Bertz CT molecular complexity index is 1430. The molecule has 0 bridgehead atoms. The third kappa shape index (κ3) is 4.36. The van der Waals surface area contributed by atoms with Gasteiger partial charge in [0, 0.05) is 12.2 Å². The fourth-order valence-electron chi connectivity index (χ4n) is 5.89. The van der Waals surface area contributed by atoms with E-state index in [4.69, 9.17) is 5.73 Å². The summed E-state index contributed by atoms with van der Waals surface area (Å²) >= 11 is 0. The highest BCUT2D eigenvalue weighted by atomic mass is 19.1. The number of benzene rings is 1. The normalized spacial score (nSPS) is 23.1. The minimum Gasteiger partial charge on any atom is -0.385 e. The number of pyridine rings is 1. The maximum atomic E-state index is 15.1. The van der Waals surface area contributed by atoms with Gasteiger partial charge in [-0.2, -0.15) is 9.61 Å². The first-order valence-corrected chi connectivity index (χ1v) is 12.8. The molecule has 6 rings (SSSR count). The fraction of sp³-hybridized carbons (Fsp3) is 0.393. The summed E-state index contributed by atoms with van der Waals surface area (Å²) in [6, 6.07) is 7.89. The number of imidazole rings is 1. The van der Waals surface area contributed by atoms with Gasteiger partial charge in [0.2, 0.25) is 5.95 Å². The van der Waals surface area contributed by atoms with Gasteiger partial charge < -0.3 is 16.2 Å². The van der Waals surface area contributed by atoms with Crippen LogP contribution in [0, 0.1) is 17.6 Å². The van der Waals surface area contributed by atoms with Crippen LogP contribution in [0.2, 0.25) is 0 Å². The number of rotatable bonds is 5. The molecule has 2 aliphatic rings. The number of anilines is 2. The number of fused-ring (bicyclic) bond motifs is 1. The zero-order valence-corrected chi connectivity index (χ0v) is 20.7. The lowest BCUT2D eigenvalue weighted by molar-refractivity contribution is -0.0392. The molecule has 0 saturated heterocycles. The van der Waals surface area contributed by atoms with Gasteiger partial charge in [-0.15, -0.1) is 0 Å². The van der Waals surface area contributed by atoms with E-state index in [0.717, 1.165) is 36.9 Å². The zero-order chi connectivity index (χ0) is 25.7. The summed E-state index contributed by atoms with van der Waals surface area (Å²) in [5, 5.41) is 18.4. The summed E-state index contributed by atoms with van der Waals surface area (Å²) in [6.07, 6.45) is 9.99. The third-order valence-electron chi connectivity index (χ3n) is 7.92. The molecule has 9 heteroatoms. The molecular formula is C28H30F2N6O. The largest absolute Gasteiger partial charge is 0.385 e. The number of hydrogen-bond donors (Lipinski definition) is 3. The molecule has 1 aromatic carbocycles. The van der Waals surface area contributed by atoms with Crippen molar-refractivity contribution in [3.05, 3.63) is 71.7 Å². The first-order valence-electron chi connectivity index (χ1n) is 12.8. The van der Waals surface area contributed by atoms with E-state index in [9.17, 15) is 5.11 Å². The van der Waals surface area contributed by atoms with Crippen LogP contribution in [0.25, 0.3) is 16.8 Å². The predicted molar refractivity (Wildman–Crippen MR) is 137 cm³/mol. The quantitative estimate of drug-likeness (QED) is 0.336. The van der Waals surface area contributed by atoms with Crippen molar-refractivity contribution in [2.24, 2.45) is 11.7 Å². The standard InChI is InChI=1S/C28H30F2N6O/c1-16-9-17(11-19(31)10-16)21-5-8-32-15-25(21)34-27-33-14-20-3-4-24(35-36(20)27)26-22(29)12-18(13-23(26)30)28(37)6-2-7-28/h3-5,8,12-17,19,37H,2,6-7,9-11,31H2,1H3,(H,33,34)/t16-,17+,19-/m0/s1. The molecule has 3 heterocycles. The second-order valence-electron chi connectivity index (χ2n) is 10.7. The number of halogens is 2. The summed E-state index contributed by atoms with van der Waals surface area (Å²) in [4.78, 5) is 8.76. The Labute approximate surface area is 213 Å². The summed E-state index contributed by atoms with van der Waals surface area (Å²) in [5.41, 5.74) is 7.93. The minimum atomic E-state index is -1.15. The lowest BCUT2D eigenvalue weighted by Gasteiger charge is -2.37. The topological polar surface area (TPSA) is 101 Å². The van der Waals surface area contributed by atoms with Crippen LogP contribution in [0.3, 0.4) is 0 Å². The van der Waals surface area contributed by atoms with Gasteiger partial charge in [0.1, 0.15) is 11.6 Å². The van der Waals surface area contributed by atoms with Gasteiger partial charge in [0.05, 0.1) is 40.5 Å². The molecule has 192 valence electrons. The number of nitrogens with one attached hydrogen (secondary N) is 1. The molecule has 2 saturated carbocycles. The third-order valence-corrected chi connectivity index (χ3v) is 7.92. The molecule has 2 aliphatic carbocycles. The second-order valence-corrected chi connectivity index (χ2v) is 10.7. The van der Waals surface area contributed by atoms with E-state index in [1.807, 2.05) is 6.07 Å². The van der Waals surface area contributed by atoms with Crippen LogP contribution in [0.4, 0.5) is 20.4 Å². The van der Waals surface area contributed by atoms with Crippen LogP contribution in [-0.2, 0) is 5.60 Å². The summed E-state index contributed by atoms with van der Waals surface area (Å²) in [5.74, 6) is -0.262. The van der Waals surface area contributed by atoms with Crippen molar-refractivity contribution in [1.82, 2.24) is 19.6 Å². The van der Waals surface area contributed by atoms with Crippen LogP contribution < -0.4 is 11.1 Å². The first kappa shape index (κ1) is 23.9. The molecule has 37 heavy (non-hydrogen) atoms. The average Bonchev–Trinajstić information content (AvgIpc) is 3.24. The van der Waals surface area contributed by atoms with Gasteiger partial charge in [0.15, 0.2) is 0 Å². The predicted octanol–water partition coefficient (Wildman–Crippen LogP) is 5.42. The summed E-state index contributed by atoms with van der Waals surface area (Å²) < 4.78 is 31.8. The van der Waals surface area contributed by atoms with Crippen molar-refractivity contribution >= 4 is 17.2 Å². The van der Waals surface area contributed by atoms with Crippen LogP contribution in [0.1, 0.15) is 62.5 Å². The number of aromatic nitrogens is 4. The maximum absolute atomic E-state index is 15.1. The van der Waals surface area contributed by atoms with Crippen molar-refractivity contribution in [1.29, 1.82) is 0 Å². The van der Waals surface area contributed by atoms with E-state index < -0.39 is 17.2 Å². The van der Waals surface area contributed by atoms with Crippen LogP contribution in [0.5, 0.6) is 0 Å². The molecular weight excluding hydrogens is 474 g/mol. The highest BCUT2D eigenvalue weighted by Gasteiger charge is 2.37. The highest BCUT2D eigenvalue weighted by molar-refractivity contribution is 5.66. The maximum Gasteiger partial charge on any atom is 0.229 e. The Morgan fingerprint density at radius 1 is 1.08 bits per heavy atom. The van der Waals surface area contributed by atoms with Crippen molar-refractivity contribution in [2.75, 3.05) is 5.32 Å². The van der Waals surface area contributed by atoms with E-state index in [0.29, 0.717) is 36.1 Å². The smallest absolute Gasteiger partial charge is 0.229 e. The fourth-order valence-corrected chi connectivity index (χ4v) is 5.89. The van der Waals surface area contributed by atoms with E-state index in [1.165, 1.54) is 16.6 Å². The molecule has 3 atom stereocenters. The van der Waals surface area contributed by atoms with Crippen LogP contribution >= 0.6 is 0 Å².